The van der Waals surface area contributed by atoms with Crippen LogP contribution in [0.1, 0.15) is 6.92 Å². The molecular weight excluding hydrogens is 446 g/mol. The maximum atomic E-state index is 12.8. The SMILES string of the molecule is CCN1CCN(C2=NC3C(C(=O)NC(=O)N3C)N2CCSc2nc3ccccc3s2)CC1. The van der Waals surface area contributed by atoms with Gasteiger partial charge in [0.25, 0.3) is 5.91 Å². The Morgan fingerprint density at radius 1 is 1.19 bits per heavy atom. The zero-order valence-electron chi connectivity index (χ0n) is 18.2. The second-order valence-corrected chi connectivity index (χ2v) is 10.5. The fraction of sp³-hybridized carbons (Fsp3) is 0.524. The number of thiazole rings is 1. The summed E-state index contributed by atoms with van der Waals surface area (Å²) in [7, 11) is 1.70. The fourth-order valence-electron chi connectivity index (χ4n) is 4.42. The maximum Gasteiger partial charge on any atom is 0.325 e. The molecule has 4 heterocycles. The lowest BCUT2D eigenvalue weighted by Gasteiger charge is -2.40. The van der Waals surface area contributed by atoms with Crippen LogP contribution in [0.2, 0.25) is 0 Å². The molecule has 1 aromatic heterocycles. The molecular formula is C21H27N7O2S2. The summed E-state index contributed by atoms with van der Waals surface area (Å²) < 4.78 is 2.21. The van der Waals surface area contributed by atoms with Crippen molar-refractivity contribution in [3.05, 3.63) is 24.3 Å². The van der Waals surface area contributed by atoms with Gasteiger partial charge < -0.3 is 19.6 Å². The number of para-hydroxylation sites is 1. The first-order valence-electron chi connectivity index (χ1n) is 10.9. The highest BCUT2D eigenvalue weighted by Gasteiger charge is 2.49. The van der Waals surface area contributed by atoms with Crippen molar-refractivity contribution in [3.8, 4) is 0 Å². The van der Waals surface area contributed by atoms with Crippen LogP contribution in [0.5, 0.6) is 0 Å². The molecule has 2 saturated heterocycles. The van der Waals surface area contributed by atoms with Crippen LogP contribution in [0.15, 0.2) is 33.6 Å². The first-order valence-corrected chi connectivity index (χ1v) is 12.7. The number of likely N-dealkylation sites (N-methyl/N-ethyl adjacent to an activating group) is 2. The molecule has 2 unspecified atom stereocenters. The lowest BCUT2D eigenvalue weighted by molar-refractivity contribution is -0.127. The zero-order chi connectivity index (χ0) is 22.2. The molecule has 9 nitrogen and oxygen atoms in total. The molecule has 0 spiro atoms. The van der Waals surface area contributed by atoms with Crippen molar-refractivity contribution in [1.82, 2.24) is 29.9 Å². The first kappa shape index (κ1) is 21.5. The normalized spacial score (nSPS) is 24.2. The molecule has 5 rings (SSSR count). The van der Waals surface area contributed by atoms with Crippen LogP contribution in [0.25, 0.3) is 10.2 Å². The second kappa shape index (κ2) is 8.87. The highest BCUT2D eigenvalue weighted by Crippen LogP contribution is 2.31. The van der Waals surface area contributed by atoms with Crippen molar-refractivity contribution >= 4 is 51.2 Å². The quantitative estimate of drug-likeness (QED) is 0.660. The van der Waals surface area contributed by atoms with Crippen molar-refractivity contribution in [2.45, 2.75) is 23.5 Å². The number of hydrogen-bond donors (Lipinski definition) is 1. The lowest BCUT2D eigenvalue weighted by Crippen LogP contribution is -2.64. The number of nitrogens with zero attached hydrogens (tertiary/aromatic N) is 6. The Labute approximate surface area is 195 Å². The molecule has 3 amide bonds. The number of hydrogen-bond acceptors (Lipinski definition) is 9. The average Bonchev–Trinajstić information content (AvgIpc) is 3.39. The van der Waals surface area contributed by atoms with E-state index in [0.717, 1.165) is 54.3 Å². The molecule has 170 valence electrons. The Morgan fingerprint density at radius 2 is 1.97 bits per heavy atom. The highest BCUT2D eigenvalue weighted by atomic mass is 32.2. The third-order valence-corrected chi connectivity index (χ3v) is 8.43. The second-order valence-electron chi connectivity index (χ2n) is 8.10. The van der Waals surface area contributed by atoms with Crippen LogP contribution in [0, 0.1) is 0 Å². The van der Waals surface area contributed by atoms with Crippen LogP contribution in [-0.4, -0.2) is 107 Å². The minimum absolute atomic E-state index is 0.269. The molecule has 3 aliphatic rings. The average molecular weight is 474 g/mol. The molecule has 3 aliphatic heterocycles. The number of amides is 3. The molecule has 1 N–H and O–H groups in total. The molecule has 2 aromatic rings. The largest absolute Gasteiger partial charge is 0.340 e. The van der Waals surface area contributed by atoms with Crippen molar-refractivity contribution in [2.24, 2.45) is 4.99 Å². The van der Waals surface area contributed by atoms with Gasteiger partial charge in [-0.05, 0) is 18.7 Å². The number of rotatable bonds is 5. The number of nitrogens with one attached hydrogen (secondary N) is 1. The smallest absolute Gasteiger partial charge is 0.325 e. The fourth-order valence-corrected chi connectivity index (χ4v) is 6.50. The number of aromatic nitrogens is 1. The van der Waals surface area contributed by atoms with E-state index < -0.39 is 12.2 Å². The molecule has 0 saturated carbocycles. The summed E-state index contributed by atoms with van der Waals surface area (Å²) in [5, 5.41) is 2.49. The number of guanidine groups is 1. The number of aliphatic imine (C=N–C) groups is 1. The number of thioether (sulfide) groups is 1. The molecule has 2 fully saturated rings. The molecule has 1 aromatic carbocycles. The van der Waals surface area contributed by atoms with Gasteiger partial charge in [0, 0.05) is 45.5 Å². The van der Waals surface area contributed by atoms with Crippen LogP contribution >= 0.6 is 23.1 Å². The van der Waals surface area contributed by atoms with Gasteiger partial charge in [-0.25, -0.2) is 14.8 Å². The van der Waals surface area contributed by atoms with Gasteiger partial charge in [0.15, 0.2) is 22.5 Å². The third-order valence-electron chi connectivity index (χ3n) is 6.27. The van der Waals surface area contributed by atoms with E-state index in [1.165, 1.54) is 9.60 Å². The van der Waals surface area contributed by atoms with Crippen molar-refractivity contribution in [2.75, 3.05) is 52.1 Å². The number of carbonyl (C=O) groups is 2. The standard InChI is InChI=1S/C21H27N7O2S2/c1-3-26-8-10-27(11-9-26)19-23-17-16(18(29)24-20(30)25(17)2)28(19)12-13-31-21-22-14-6-4-5-7-15(14)32-21/h4-7,16-17H,3,8-13H2,1-2H3,(H,24,29,30). The molecule has 11 heteroatoms. The Bertz CT molecular complexity index is 1020. The van der Waals surface area contributed by atoms with Gasteiger partial charge in [-0.3, -0.25) is 10.1 Å². The number of urea groups is 1. The molecule has 32 heavy (non-hydrogen) atoms. The van der Waals surface area contributed by atoms with E-state index in [9.17, 15) is 9.59 Å². The van der Waals surface area contributed by atoms with Crippen LogP contribution < -0.4 is 5.32 Å². The monoisotopic (exact) mass is 473 g/mol. The van der Waals surface area contributed by atoms with Crippen LogP contribution in [-0.2, 0) is 4.79 Å². The number of carbonyl (C=O) groups excluding carboxylic acids is 2. The number of benzene rings is 1. The highest BCUT2D eigenvalue weighted by molar-refractivity contribution is 8.01. The number of fused-ring (bicyclic) bond motifs is 2. The summed E-state index contributed by atoms with van der Waals surface area (Å²) in [6.07, 6.45) is -0.483. The van der Waals surface area contributed by atoms with E-state index in [1.54, 1.807) is 30.1 Å². The van der Waals surface area contributed by atoms with Gasteiger partial charge in [0.05, 0.1) is 10.2 Å². The summed E-state index contributed by atoms with van der Waals surface area (Å²) in [4.78, 5) is 42.9. The molecule has 2 atom stereocenters. The van der Waals surface area contributed by atoms with E-state index in [1.807, 2.05) is 18.2 Å². The van der Waals surface area contributed by atoms with Gasteiger partial charge >= 0.3 is 6.03 Å². The van der Waals surface area contributed by atoms with Crippen molar-refractivity contribution < 1.29 is 9.59 Å². The van der Waals surface area contributed by atoms with Gasteiger partial charge in [0.1, 0.15) is 0 Å². The van der Waals surface area contributed by atoms with Gasteiger partial charge in [0.2, 0.25) is 0 Å². The predicted octanol–water partition coefficient (Wildman–Crippen LogP) is 1.57. The zero-order valence-corrected chi connectivity index (χ0v) is 19.9. The summed E-state index contributed by atoms with van der Waals surface area (Å²) in [6.45, 7) is 7.55. The Morgan fingerprint density at radius 3 is 2.72 bits per heavy atom. The summed E-state index contributed by atoms with van der Waals surface area (Å²) >= 11 is 3.39. The topological polar surface area (TPSA) is 84.4 Å². The van der Waals surface area contributed by atoms with Gasteiger partial charge in [-0.2, -0.15) is 0 Å². The van der Waals surface area contributed by atoms with E-state index in [2.05, 4.69) is 33.0 Å². The molecule has 0 radical (unpaired) electrons. The number of piperazine rings is 1. The van der Waals surface area contributed by atoms with Crippen LogP contribution in [0.4, 0.5) is 4.79 Å². The molecule has 0 aliphatic carbocycles. The van der Waals surface area contributed by atoms with Crippen LogP contribution in [0.3, 0.4) is 0 Å². The summed E-state index contributed by atoms with van der Waals surface area (Å²) in [5.41, 5.74) is 1.02. The third kappa shape index (κ3) is 3.93. The van der Waals surface area contributed by atoms with E-state index in [4.69, 9.17) is 9.98 Å². The predicted molar refractivity (Wildman–Crippen MR) is 127 cm³/mol. The maximum absolute atomic E-state index is 12.8. The molecule has 0 bridgehead atoms. The van der Waals surface area contributed by atoms with Crippen molar-refractivity contribution in [1.29, 1.82) is 0 Å². The Balaban J connectivity index is 1.33. The first-order chi connectivity index (χ1) is 15.5. The Kier molecular flexibility index (Phi) is 5.95. The van der Waals surface area contributed by atoms with E-state index in [-0.39, 0.29) is 11.9 Å². The summed E-state index contributed by atoms with van der Waals surface area (Å²) in [6, 6.07) is 7.26. The van der Waals surface area contributed by atoms with E-state index in [0.29, 0.717) is 6.54 Å². The van der Waals surface area contributed by atoms with E-state index >= 15 is 0 Å². The minimum Gasteiger partial charge on any atom is -0.340 e. The lowest BCUT2D eigenvalue weighted by atomic mass is 10.1. The summed E-state index contributed by atoms with van der Waals surface area (Å²) in [5.74, 6) is 1.34. The van der Waals surface area contributed by atoms with Gasteiger partial charge in [-0.15, -0.1) is 11.3 Å². The Hall–Kier alpha value is -2.37. The van der Waals surface area contributed by atoms with Gasteiger partial charge in [-0.1, -0.05) is 30.8 Å². The minimum atomic E-state index is -0.493. The van der Waals surface area contributed by atoms with Crippen molar-refractivity contribution in [3.63, 3.8) is 0 Å². The number of imide groups is 1.